The van der Waals surface area contributed by atoms with E-state index in [0.717, 1.165) is 16.9 Å². The Labute approximate surface area is 98.7 Å². The summed E-state index contributed by atoms with van der Waals surface area (Å²) in [6.45, 7) is 0. The number of methoxy groups -OCH3 is 1. The van der Waals surface area contributed by atoms with Crippen molar-refractivity contribution in [1.82, 2.24) is 0 Å². The van der Waals surface area contributed by atoms with Crippen LogP contribution >= 0.6 is 0 Å². The van der Waals surface area contributed by atoms with Crippen LogP contribution in [0, 0.1) is 5.82 Å². The lowest BCUT2D eigenvalue weighted by Gasteiger charge is -2.04. The SMILES string of the molecule is COc1ccc(-c2ccc(C=O)c(F)c2)cc1. The minimum atomic E-state index is -0.506. The molecule has 0 spiro atoms. The summed E-state index contributed by atoms with van der Waals surface area (Å²) in [6, 6.07) is 11.8. The number of benzene rings is 2. The van der Waals surface area contributed by atoms with Crippen LogP contribution in [0.15, 0.2) is 42.5 Å². The zero-order chi connectivity index (χ0) is 12.3. The molecule has 0 saturated carbocycles. The van der Waals surface area contributed by atoms with Crippen molar-refractivity contribution in [3.8, 4) is 16.9 Å². The summed E-state index contributed by atoms with van der Waals surface area (Å²) < 4.78 is 18.5. The van der Waals surface area contributed by atoms with Crippen molar-refractivity contribution in [3.63, 3.8) is 0 Å². The molecule has 0 aliphatic rings. The lowest BCUT2D eigenvalue weighted by molar-refractivity contribution is 0.112. The standard InChI is InChI=1S/C14H11FO2/c1-17-13-6-4-10(5-7-13)11-2-3-12(9-16)14(15)8-11/h2-9H,1H3. The summed E-state index contributed by atoms with van der Waals surface area (Å²) in [7, 11) is 1.59. The molecule has 2 aromatic carbocycles. The smallest absolute Gasteiger partial charge is 0.152 e. The molecule has 0 bridgehead atoms. The molecule has 2 nitrogen and oxygen atoms in total. The quantitative estimate of drug-likeness (QED) is 0.756. The molecule has 0 unspecified atom stereocenters. The highest BCUT2D eigenvalue weighted by Crippen LogP contribution is 2.23. The van der Waals surface area contributed by atoms with Crippen LogP contribution in [0.5, 0.6) is 5.75 Å². The van der Waals surface area contributed by atoms with Gasteiger partial charge in [0.1, 0.15) is 11.6 Å². The molecule has 2 aromatic rings. The normalized spacial score (nSPS) is 10.0. The predicted octanol–water partition coefficient (Wildman–Crippen LogP) is 3.31. The Hall–Kier alpha value is -2.16. The van der Waals surface area contributed by atoms with Gasteiger partial charge in [0.05, 0.1) is 12.7 Å². The van der Waals surface area contributed by atoms with Gasteiger partial charge in [0, 0.05) is 0 Å². The number of rotatable bonds is 3. The van der Waals surface area contributed by atoms with Crippen molar-refractivity contribution in [1.29, 1.82) is 0 Å². The predicted molar refractivity (Wildman–Crippen MR) is 63.8 cm³/mol. The Morgan fingerprint density at radius 1 is 1.06 bits per heavy atom. The Morgan fingerprint density at radius 3 is 2.24 bits per heavy atom. The molecule has 17 heavy (non-hydrogen) atoms. The molecule has 2 rings (SSSR count). The Kier molecular flexibility index (Phi) is 3.19. The van der Waals surface area contributed by atoms with Gasteiger partial charge in [0.15, 0.2) is 6.29 Å². The average molecular weight is 230 g/mol. The third-order valence-electron chi connectivity index (χ3n) is 2.55. The number of carbonyl (C=O) groups excluding carboxylic acids is 1. The van der Waals surface area contributed by atoms with Crippen LogP contribution < -0.4 is 4.74 Å². The fourth-order valence-corrected chi connectivity index (χ4v) is 1.59. The van der Waals surface area contributed by atoms with Crippen molar-refractivity contribution in [2.24, 2.45) is 0 Å². The topological polar surface area (TPSA) is 26.3 Å². The third-order valence-corrected chi connectivity index (χ3v) is 2.55. The van der Waals surface area contributed by atoms with E-state index >= 15 is 0 Å². The summed E-state index contributed by atoms with van der Waals surface area (Å²) in [5, 5.41) is 0. The summed E-state index contributed by atoms with van der Waals surface area (Å²) in [4.78, 5) is 10.5. The summed E-state index contributed by atoms with van der Waals surface area (Å²) in [5.74, 6) is 0.243. The van der Waals surface area contributed by atoms with Crippen LogP contribution in [0.2, 0.25) is 0 Å². The number of hydrogen-bond acceptors (Lipinski definition) is 2. The van der Waals surface area contributed by atoms with Gasteiger partial charge in [-0.25, -0.2) is 4.39 Å². The Balaban J connectivity index is 2.38. The van der Waals surface area contributed by atoms with Gasteiger partial charge in [0.2, 0.25) is 0 Å². The zero-order valence-electron chi connectivity index (χ0n) is 9.31. The molecule has 0 N–H and O–H groups in total. The maximum absolute atomic E-state index is 13.4. The highest BCUT2D eigenvalue weighted by molar-refractivity contribution is 5.77. The fourth-order valence-electron chi connectivity index (χ4n) is 1.59. The highest BCUT2D eigenvalue weighted by atomic mass is 19.1. The van der Waals surface area contributed by atoms with E-state index in [1.807, 2.05) is 12.1 Å². The van der Waals surface area contributed by atoms with E-state index in [4.69, 9.17) is 4.74 Å². The first-order chi connectivity index (χ1) is 8.24. The number of aldehydes is 1. The first-order valence-corrected chi connectivity index (χ1v) is 5.14. The molecular weight excluding hydrogens is 219 g/mol. The van der Waals surface area contributed by atoms with Gasteiger partial charge in [0.25, 0.3) is 0 Å². The van der Waals surface area contributed by atoms with Crippen molar-refractivity contribution in [3.05, 3.63) is 53.8 Å². The fraction of sp³-hybridized carbons (Fsp3) is 0.0714. The molecule has 0 amide bonds. The van der Waals surface area contributed by atoms with E-state index in [0.29, 0.717) is 6.29 Å². The maximum atomic E-state index is 13.4. The first-order valence-electron chi connectivity index (χ1n) is 5.14. The lowest BCUT2D eigenvalue weighted by Crippen LogP contribution is -1.88. The average Bonchev–Trinajstić information content (AvgIpc) is 2.39. The molecule has 0 saturated heterocycles. The Morgan fingerprint density at radius 2 is 1.71 bits per heavy atom. The number of ether oxygens (including phenoxy) is 1. The minimum Gasteiger partial charge on any atom is -0.497 e. The van der Waals surface area contributed by atoms with Crippen LogP contribution in [-0.2, 0) is 0 Å². The maximum Gasteiger partial charge on any atom is 0.152 e. The van der Waals surface area contributed by atoms with Gasteiger partial charge >= 0.3 is 0 Å². The molecule has 0 aromatic heterocycles. The zero-order valence-corrected chi connectivity index (χ0v) is 9.31. The van der Waals surface area contributed by atoms with Crippen molar-refractivity contribution < 1.29 is 13.9 Å². The minimum absolute atomic E-state index is 0.0715. The van der Waals surface area contributed by atoms with Crippen LogP contribution in [0.4, 0.5) is 4.39 Å². The van der Waals surface area contributed by atoms with Crippen molar-refractivity contribution in [2.75, 3.05) is 7.11 Å². The largest absolute Gasteiger partial charge is 0.497 e. The van der Waals surface area contributed by atoms with Gasteiger partial charge < -0.3 is 4.74 Å². The van der Waals surface area contributed by atoms with Crippen molar-refractivity contribution >= 4 is 6.29 Å². The van der Waals surface area contributed by atoms with E-state index in [1.54, 1.807) is 25.3 Å². The van der Waals surface area contributed by atoms with Crippen LogP contribution in [0.3, 0.4) is 0 Å². The van der Waals surface area contributed by atoms with Crippen LogP contribution in [-0.4, -0.2) is 13.4 Å². The summed E-state index contributed by atoms with van der Waals surface area (Å²) >= 11 is 0. The van der Waals surface area contributed by atoms with Gasteiger partial charge in [-0.1, -0.05) is 18.2 Å². The molecule has 0 fully saturated rings. The number of carbonyl (C=O) groups is 1. The molecule has 3 heteroatoms. The van der Waals surface area contributed by atoms with Gasteiger partial charge in [-0.05, 0) is 35.4 Å². The van der Waals surface area contributed by atoms with E-state index in [2.05, 4.69) is 0 Å². The summed E-state index contributed by atoms with van der Waals surface area (Å²) in [6.07, 6.45) is 0.507. The molecular formula is C14H11FO2. The second-order valence-corrected chi connectivity index (χ2v) is 3.58. The third kappa shape index (κ3) is 2.33. The molecule has 86 valence electrons. The molecule has 0 aliphatic carbocycles. The van der Waals surface area contributed by atoms with E-state index in [-0.39, 0.29) is 5.56 Å². The van der Waals surface area contributed by atoms with E-state index in [1.165, 1.54) is 12.1 Å². The van der Waals surface area contributed by atoms with Gasteiger partial charge in [-0.2, -0.15) is 0 Å². The molecule has 0 radical (unpaired) electrons. The second-order valence-electron chi connectivity index (χ2n) is 3.58. The van der Waals surface area contributed by atoms with E-state index < -0.39 is 5.82 Å². The van der Waals surface area contributed by atoms with Crippen LogP contribution in [0.1, 0.15) is 10.4 Å². The van der Waals surface area contributed by atoms with Crippen molar-refractivity contribution in [2.45, 2.75) is 0 Å². The molecule has 0 aliphatic heterocycles. The van der Waals surface area contributed by atoms with Crippen LogP contribution in [0.25, 0.3) is 11.1 Å². The Bertz CT molecular complexity index is 532. The summed E-state index contributed by atoms with van der Waals surface area (Å²) in [5.41, 5.74) is 1.68. The number of halogens is 1. The van der Waals surface area contributed by atoms with Gasteiger partial charge in [-0.3, -0.25) is 4.79 Å². The highest BCUT2D eigenvalue weighted by Gasteiger charge is 2.04. The monoisotopic (exact) mass is 230 g/mol. The first kappa shape index (κ1) is 11.3. The molecule has 0 heterocycles. The lowest BCUT2D eigenvalue weighted by atomic mass is 10.0. The molecule has 0 atom stereocenters. The van der Waals surface area contributed by atoms with E-state index in [9.17, 15) is 9.18 Å². The second kappa shape index (κ2) is 4.78. The number of hydrogen-bond donors (Lipinski definition) is 0. The van der Waals surface area contributed by atoms with Gasteiger partial charge in [-0.15, -0.1) is 0 Å².